The van der Waals surface area contributed by atoms with Gasteiger partial charge in [-0.15, -0.1) is 0 Å². The minimum Gasteiger partial charge on any atom is -0.399 e. The molecule has 3 N–H and O–H groups in total. The highest BCUT2D eigenvalue weighted by molar-refractivity contribution is 5.28. The van der Waals surface area contributed by atoms with Crippen LogP contribution in [-0.4, -0.2) is 6.54 Å². The molecule has 0 aromatic carbocycles. The Morgan fingerprint density at radius 3 is 3.17 bits per heavy atom. The Hall–Kier alpha value is -1.18. The van der Waals surface area contributed by atoms with Gasteiger partial charge >= 0.3 is 0 Å². The van der Waals surface area contributed by atoms with Gasteiger partial charge in [0, 0.05) is 17.9 Å². The summed E-state index contributed by atoms with van der Waals surface area (Å²) in [5.41, 5.74) is 7.61. The summed E-state index contributed by atoms with van der Waals surface area (Å²) in [4.78, 5) is 0. The Morgan fingerprint density at radius 1 is 1.83 bits per heavy atom. The van der Waals surface area contributed by atoms with E-state index in [1.165, 1.54) is 0 Å². The van der Waals surface area contributed by atoms with Gasteiger partial charge in [0.05, 0.1) is 0 Å². The molecule has 1 rings (SSSR count). The Labute approximate surface area is 73.8 Å². The molecule has 1 heterocycles. The second-order valence-electron chi connectivity index (χ2n) is 3.02. The Morgan fingerprint density at radius 2 is 2.58 bits per heavy atom. The van der Waals surface area contributed by atoms with Crippen molar-refractivity contribution in [2.75, 3.05) is 6.54 Å². The van der Waals surface area contributed by atoms with Gasteiger partial charge < -0.3 is 11.1 Å². The summed E-state index contributed by atoms with van der Waals surface area (Å²) in [5, 5.41) is 3.27. The number of rotatable bonds is 2. The SMILES string of the molecule is C=CC1=CC(N)=CC(CC)CN1. The van der Waals surface area contributed by atoms with Crippen molar-refractivity contribution in [2.45, 2.75) is 13.3 Å². The highest BCUT2D eigenvalue weighted by Crippen LogP contribution is 2.11. The monoisotopic (exact) mass is 164 g/mol. The second-order valence-corrected chi connectivity index (χ2v) is 3.02. The van der Waals surface area contributed by atoms with Crippen LogP contribution in [-0.2, 0) is 0 Å². The number of hydrogen-bond donors (Lipinski definition) is 2. The molecule has 0 aliphatic carbocycles. The first-order valence-electron chi connectivity index (χ1n) is 4.31. The van der Waals surface area contributed by atoms with Crippen LogP contribution in [0.5, 0.6) is 0 Å². The van der Waals surface area contributed by atoms with Gasteiger partial charge in [0.25, 0.3) is 0 Å². The first-order valence-corrected chi connectivity index (χ1v) is 4.31. The van der Waals surface area contributed by atoms with Crippen molar-refractivity contribution in [1.29, 1.82) is 0 Å². The third-order valence-electron chi connectivity index (χ3n) is 2.06. The summed E-state index contributed by atoms with van der Waals surface area (Å²) in [6, 6.07) is 0. The summed E-state index contributed by atoms with van der Waals surface area (Å²) in [5.74, 6) is 0.540. The van der Waals surface area contributed by atoms with E-state index in [4.69, 9.17) is 5.73 Å². The highest BCUT2D eigenvalue weighted by atomic mass is 14.9. The molecule has 0 fully saturated rings. The highest BCUT2D eigenvalue weighted by Gasteiger charge is 2.06. The molecule has 0 aromatic rings. The van der Waals surface area contributed by atoms with Crippen LogP contribution in [0.4, 0.5) is 0 Å². The molecule has 66 valence electrons. The van der Waals surface area contributed by atoms with Crippen LogP contribution in [0.2, 0.25) is 0 Å². The van der Waals surface area contributed by atoms with Crippen LogP contribution in [0.15, 0.2) is 36.2 Å². The smallest absolute Gasteiger partial charge is 0.0354 e. The number of allylic oxidation sites excluding steroid dienone is 2. The fourth-order valence-electron chi connectivity index (χ4n) is 1.25. The van der Waals surface area contributed by atoms with Crippen molar-refractivity contribution < 1.29 is 0 Å². The predicted octanol–water partition coefficient (Wildman–Crippen LogP) is 1.53. The average molecular weight is 164 g/mol. The number of hydrogen-bond acceptors (Lipinski definition) is 2. The third-order valence-corrected chi connectivity index (χ3v) is 2.06. The summed E-state index contributed by atoms with van der Waals surface area (Å²) < 4.78 is 0. The molecule has 0 spiro atoms. The number of nitrogens with two attached hydrogens (primary N) is 1. The van der Waals surface area contributed by atoms with Crippen molar-refractivity contribution in [1.82, 2.24) is 5.32 Å². The molecule has 0 aromatic heterocycles. The van der Waals surface area contributed by atoms with Gasteiger partial charge in [-0.3, -0.25) is 0 Å². The van der Waals surface area contributed by atoms with Gasteiger partial charge in [0.1, 0.15) is 0 Å². The lowest BCUT2D eigenvalue weighted by molar-refractivity contribution is 0.590. The lowest BCUT2D eigenvalue weighted by atomic mass is 10.1. The van der Waals surface area contributed by atoms with E-state index < -0.39 is 0 Å². The zero-order valence-corrected chi connectivity index (χ0v) is 7.51. The van der Waals surface area contributed by atoms with Gasteiger partial charge in [0.15, 0.2) is 0 Å². The Bertz CT molecular complexity index is 226. The van der Waals surface area contributed by atoms with E-state index in [2.05, 4.69) is 24.9 Å². The molecule has 0 amide bonds. The van der Waals surface area contributed by atoms with Crippen LogP contribution in [0, 0.1) is 5.92 Å². The van der Waals surface area contributed by atoms with Crippen LogP contribution in [0.3, 0.4) is 0 Å². The third kappa shape index (κ3) is 2.16. The zero-order chi connectivity index (χ0) is 8.97. The second kappa shape index (κ2) is 4.00. The molecule has 0 saturated carbocycles. The quantitative estimate of drug-likeness (QED) is 0.649. The molecule has 2 heteroatoms. The molecule has 12 heavy (non-hydrogen) atoms. The van der Waals surface area contributed by atoms with E-state index >= 15 is 0 Å². The lowest BCUT2D eigenvalue weighted by Gasteiger charge is -2.09. The fourth-order valence-corrected chi connectivity index (χ4v) is 1.25. The molecular weight excluding hydrogens is 148 g/mol. The number of nitrogens with one attached hydrogen (secondary N) is 1. The van der Waals surface area contributed by atoms with Crippen molar-refractivity contribution in [3.05, 3.63) is 36.2 Å². The fraction of sp³-hybridized carbons (Fsp3) is 0.400. The minimum absolute atomic E-state index is 0.540. The lowest BCUT2D eigenvalue weighted by Crippen LogP contribution is -2.18. The van der Waals surface area contributed by atoms with E-state index in [1.807, 2.05) is 6.08 Å². The molecule has 1 atom stereocenters. The van der Waals surface area contributed by atoms with E-state index in [-0.39, 0.29) is 0 Å². The zero-order valence-electron chi connectivity index (χ0n) is 7.51. The Kier molecular flexibility index (Phi) is 2.97. The van der Waals surface area contributed by atoms with Gasteiger partial charge in [-0.05, 0) is 24.5 Å². The van der Waals surface area contributed by atoms with Gasteiger partial charge in [0.2, 0.25) is 0 Å². The van der Waals surface area contributed by atoms with Crippen LogP contribution in [0.25, 0.3) is 0 Å². The first kappa shape index (κ1) is 8.91. The predicted molar refractivity (Wildman–Crippen MR) is 52.3 cm³/mol. The summed E-state index contributed by atoms with van der Waals surface area (Å²) in [7, 11) is 0. The van der Waals surface area contributed by atoms with Crippen molar-refractivity contribution in [3.8, 4) is 0 Å². The van der Waals surface area contributed by atoms with Crippen molar-refractivity contribution in [3.63, 3.8) is 0 Å². The van der Waals surface area contributed by atoms with E-state index in [0.717, 1.165) is 24.4 Å². The first-order chi connectivity index (χ1) is 5.76. The van der Waals surface area contributed by atoms with Gasteiger partial charge in [-0.1, -0.05) is 19.6 Å². The minimum atomic E-state index is 0.540. The average Bonchev–Trinajstić information content (AvgIpc) is 2.26. The largest absolute Gasteiger partial charge is 0.399 e. The van der Waals surface area contributed by atoms with Gasteiger partial charge in [-0.25, -0.2) is 0 Å². The molecule has 2 nitrogen and oxygen atoms in total. The van der Waals surface area contributed by atoms with Crippen LogP contribution >= 0.6 is 0 Å². The normalized spacial score (nSPS) is 23.2. The molecule has 1 unspecified atom stereocenters. The van der Waals surface area contributed by atoms with Crippen LogP contribution in [0.1, 0.15) is 13.3 Å². The molecule has 1 aliphatic heterocycles. The van der Waals surface area contributed by atoms with Crippen molar-refractivity contribution in [2.24, 2.45) is 11.7 Å². The summed E-state index contributed by atoms with van der Waals surface area (Å²) in [6.07, 6.45) is 6.93. The topological polar surface area (TPSA) is 38.0 Å². The van der Waals surface area contributed by atoms with E-state index in [1.54, 1.807) is 6.08 Å². The molecule has 0 saturated heterocycles. The van der Waals surface area contributed by atoms with E-state index in [0.29, 0.717) is 5.92 Å². The molecule has 1 aliphatic rings. The maximum absolute atomic E-state index is 5.76. The van der Waals surface area contributed by atoms with Crippen molar-refractivity contribution >= 4 is 0 Å². The molecule has 0 radical (unpaired) electrons. The standard InChI is InChI=1S/C10H16N2/c1-3-8-5-9(11)6-10(4-2)12-7-8/h4-6,8,12H,2-3,7,11H2,1H3. The summed E-state index contributed by atoms with van der Waals surface area (Å²) >= 11 is 0. The van der Waals surface area contributed by atoms with Crippen LogP contribution < -0.4 is 11.1 Å². The maximum atomic E-state index is 5.76. The maximum Gasteiger partial charge on any atom is 0.0354 e. The van der Waals surface area contributed by atoms with E-state index in [9.17, 15) is 0 Å². The molecule has 0 bridgehead atoms. The molecular formula is C10H16N2. The Balaban J connectivity index is 2.73. The summed E-state index contributed by atoms with van der Waals surface area (Å²) in [6.45, 7) is 6.81. The van der Waals surface area contributed by atoms with Gasteiger partial charge in [-0.2, -0.15) is 0 Å².